The van der Waals surface area contributed by atoms with Crippen molar-refractivity contribution in [1.82, 2.24) is 0 Å². The molecule has 0 aliphatic heterocycles. The number of hydrogen-bond acceptors (Lipinski definition) is 5. The topological polar surface area (TPSA) is 123 Å². The fraction of sp³-hybridized carbons (Fsp3) is 0.0938. The van der Waals surface area contributed by atoms with Gasteiger partial charge in [0.2, 0.25) is 0 Å². The number of carboxylic acid groups (broad SMARTS) is 1. The summed E-state index contributed by atoms with van der Waals surface area (Å²) in [6.45, 7) is 0.552. The maximum atomic E-state index is 12.8. The molecule has 0 aliphatic rings. The number of nitrogens with two attached hydrogens (primary N) is 1. The van der Waals surface area contributed by atoms with Gasteiger partial charge in [-0.15, -0.1) is 0 Å². The smallest absolute Gasteiger partial charge is 0.488 e. The maximum absolute atomic E-state index is 12.8. The highest BCUT2D eigenvalue weighted by Crippen LogP contribution is 2.21. The first-order valence-electron chi connectivity index (χ1n) is 12.3. The van der Waals surface area contributed by atoms with E-state index >= 15 is 0 Å². The van der Waals surface area contributed by atoms with Crippen LogP contribution in [0.5, 0.6) is 5.75 Å². The van der Waals surface area contributed by atoms with E-state index in [2.05, 4.69) is 11.8 Å². The molecule has 0 radical (unpaired) electrons. The van der Waals surface area contributed by atoms with Gasteiger partial charge < -0.3 is 20.3 Å². The molecule has 0 atom stereocenters. The average Bonchev–Trinajstić information content (AvgIpc) is 2.99. The lowest BCUT2D eigenvalue weighted by Gasteiger charge is -2.10. The predicted octanol–water partition coefficient (Wildman–Crippen LogP) is 5.94. The first kappa shape index (κ1) is 31.0. The van der Waals surface area contributed by atoms with Crippen molar-refractivity contribution in [3.05, 3.63) is 137 Å². The highest BCUT2D eigenvalue weighted by atomic mass is 19.4. The Balaban J connectivity index is 0.000000616. The second-order valence-corrected chi connectivity index (χ2v) is 8.56. The number of aliphatic carboxylic acids is 1. The number of rotatable bonds is 7. The molecular weight excluding hydrogens is 549 g/mol. The van der Waals surface area contributed by atoms with Crippen molar-refractivity contribution in [2.45, 2.75) is 19.4 Å². The number of carboxylic acids is 1. The van der Waals surface area contributed by atoms with Crippen LogP contribution in [0.1, 0.15) is 38.2 Å². The molecule has 0 aromatic heterocycles. The van der Waals surface area contributed by atoms with Crippen molar-refractivity contribution >= 4 is 17.8 Å². The minimum Gasteiger partial charge on any atom is -0.488 e. The largest absolute Gasteiger partial charge is 0.490 e. The van der Waals surface area contributed by atoms with Crippen LogP contribution >= 0.6 is 0 Å². The number of nitrogen functional groups attached to an aromatic ring is 1. The molecule has 0 fully saturated rings. The summed E-state index contributed by atoms with van der Waals surface area (Å²) in [6, 6.07) is 31.6. The molecule has 4 aromatic rings. The quantitative estimate of drug-likeness (QED) is 0.109. The van der Waals surface area contributed by atoms with Crippen LogP contribution < -0.4 is 10.5 Å². The van der Waals surface area contributed by atoms with E-state index in [1.54, 1.807) is 36.4 Å². The molecule has 0 heterocycles. The molecule has 42 heavy (non-hydrogen) atoms. The Morgan fingerprint density at radius 2 is 1.31 bits per heavy atom. The van der Waals surface area contributed by atoms with Crippen LogP contribution in [0.2, 0.25) is 0 Å². The van der Waals surface area contributed by atoms with Gasteiger partial charge >= 0.3 is 18.1 Å². The fourth-order valence-electron chi connectivity index (χ4n) is 3.36. The molecule has 0 spiro atoms. The number of benzene rings is 4. The van der Waals surface area contributed by atoms with Gasteiger partial charge in [0.05, 0.1) is 11.1 Å². The summed E-state index contributed by atoms with van der Waals surface area (Å²) in [6.07, 6.45) is -5.08. The van der Waals surface area contributed by atoms with E-state index in [1.165, 1.54) is 0 Å². The van der Waals surface area contributed by atoms with Crippen LogP contribution in [0.4, 0.5) is 13.2 Å². The predicted molar refractivity (Wildman–Crippen MR) is 150 cm³/mol. The normalized spacial score (nSPS) is 10.3. The van der Waals surface area contributed by atoms with Gasteiger partial charge in [0.1, 0.15) is 24.8 Å². The average molecular weight is 575 g/mol. The summed E-state index contributed by atoms with van der Waals surface area (Å²) < 4.78 is 43.2. The Kier molecular flexibility index (Phi) is 10.9. The number of hydrogen-bond donors (Lipinski definition) is 3. The third-order valence-corrected chi connectivity index (χ3v) is 5.46. The Morgan fingerprint density at radius 1 is 0.786 bits per heavy atom. The number of carbonyl (C=O) groups is 2. The molecule has 0 bridgehead atoms. The zero-order valence-corrected chi connectivity index (χ0v) is 22.0. The lowest BCUT2D eigenvalue weighted by molar-refractivity contribution is -0.192. The molecular formula is C32H25F3N2O5. The van der Waals surface area contributed by atoms with Gasteiger partial charge in [0.25, 0.3) is 0 Å². The third kappa shape index (κ3) is 9.57. The number of esters is 1. The summed E-state index contributed by atoms with van der Waals surface area (Å²) in [5, 5.41) is 14.9. The molecule has 4 N–H and O–H groups in total. The number of alkyl halides is 3. The minimum atomic E-state index is -5.08. The Hall–Kier alpha value is -5.56. The van der Waals surface area contributed by atoms with E-state index in [1.807, 2.05) is 66.7 Å². The van der Waals surface area contributed by atoms with E-state index in [-0.39, 0.29) is 12.4 Å². The molecule has 0 amide bonds. The second kappa shape index (κ2) is 14.7. The zero-order chi connectivity index (χ0) is 30.5. The van der Waals surface area contributed by atoms with Crippen molar-refractivity contribution in [2.75, 3.05) is 0 Å². The van der Waals surface area contributed by atoms with E-state index < -0.39 is 18.1 Å². The highest BCUT2D eigenvalue weighted by Gasteiger charge is 2.38. The standard InChI is InChI=1S/C30H24N2O3.C2HF3O2/c31-29(32)26-17-18-28(34-20-22-9-3-1-4-10-22)25(19-26)16-15-24-13-7-8-14-27(24)30(33)35-21-23-11-5-2-6-12-23;3-2(4,5)1(6)7/h1-14,17-19H,20-21H2,(H3,31,32);(H,6,7). The summed E-state index contributed by atoms with van der Waals surface area (Å²) in [4.78, 5) is 21.7. The van der Waals surface area contributed by atoms with Crippen molar-refractivity contribution < 1.29 is 37.3 Å². The SMILES string of the molecule is N=C(N)c1ccc(OCc2ccccc2)c(C#Cc2ccccc2C(=O)OCc2ccccc2)c1.O=C(O)C(F)(F)F. The lowest BCUT2D eigenvalue weighted by atomic mass is 10.1. The lowest BCUT2D eigenvalue weighted by Crippen LogP contribution is -2.21. The summed E-state index contributed by atoms with van der Waals surface area (Å²) in [5.41, 5.74) is 9.64. The number of carbonyl (C=O) groups excluding carboxylic acids is 1. The number of halogens is 3. The van der Waals surface area contributed by atoms with Crippen LogP contribution in [0, 0.1) is 17.3 Å². The number of nitrogens with one attached hydrogen (secondary N) is 1. The van der Waals surface area contributed by atoms with Crippen molar-refractivity contribution in [2.24, 2.45) is 5.73 Å². The van der Waals surface area contributed by atoms with Crippen molar-refractivity contribution in [3.63, 3.8) is 0 Å². The monoisotopic (exact) mass is 574 g/mol. The van der Waals surface area contributed by atoms with Crippen LogP contribution in [0.3, 0.4) is 0 Å². The Labute approximate surface area is 239 Å². The zero-order valence-electron chi connectivity index (χ0n) is 22.0. The molecule has 0 saturated heterocycles. The third-order valence-electron chi connectivity index (χ3n) is 5.46. The number of amidine groups is 1. The summed E-state index contributed by atoms with van der Waals surface area (Å²) >= 11 is 0. The van der Waals surface area contributed by atoms with E-state index in [0.717, 1.165) is 11.1 Å². The molecule has 4 aromatic carbocycles. The van der Waals surface area contributed by atoms with E-state index in [9.17, 15) is 18.0 Å². The Bertz CT molecular complexity index is 1600. The van der Waals surface area contributed by atoms with Gasteiger partial charge in [0.15, 0.2) is 0 Å². The van der Waals surface area contributed by atoms with Crippen LogP contribution in [-0.4, -0.2) is 29.1 Å². The van der Waals surface area contributed by atoms with Gasteiger partial charge in [-0.2, -0.15) is 13.2 Å². The number of ether oxygens (including phenoxy) is 2. The first-order valence-corrected chi connectivity index (χ1v) is 12.3. The molecule has 4 rings (SSSR count). The van der Waals surface area contributed by atoms with E-state index in [4.69, 9.17) is 30.5 Å². The summed E-state index contributed by atoms with van der Waals surface area (Å²) in [5.74, 6) is 3.46. The van der Waals surface area contributed by atoms with Gasteiger partial charge in [-0.1, -0.05) is 84.6 Å². The molecule has 10 heteroatoms. The maximum Gasteiger partial charge on any atom is 0.490 e. The van der Waals surface area contributed by atoms with Crippen LogP contribution in [0.15, 0.2) is 103 Å². The van der Waals surface area contributed by atoms with Gasteiger partial charge in [-0.05, 0) is 41.5 Å². The molecule has 0 saturated carbocycles. The van der Waals surface area contributed by atoms with Crippen molar-refractivity contribution in [1.29, 1.82) is 5.41 Å². The molecule has 0 aliphatic carbocycles. The molecule has 214 valence electrons. The minimum absolute atomic E-state index is 0.0625. The van der Waals surface area contributed by atoms with Gasteiger partial charge in [0, 0.05) is 11.1 Å². The molecule has 7 nitrogen and oxygen atoms in total. The van der Waals surface area contributed by atoms with Crippen LogP contribution in [0.25, 0.3) is 0 Å². The molecule has 0 unspecified atom stereocenters. The fourth-order valence-corrected chi connectivity index (χ4v) is 3.36. The van der Waals surface area contributed by atoms with Crippen LogP contribution in [-0.2, 0) is 22.7 Å². The second-order valence-electron chi connectivity index (χ2n) is 8.56. The highest BCUT2D eigenvalue weighted by molar-refractivity contribution is 5.95. The van der Waals surface area contributed by atoms with Crippen molar-refractivity contribution in [3.8, 4) is 17.6 Å². The first-order chi connectivity index (χ1) is 20.0. The summed E-state index contributed by atoms with van der Waals surface area (Å²) in [7, 11) is 0. The van der Waals surface area contributed by atoms with Gasteiger partial charge in [-0.3, -0.25) is 5.41 Å². The van der Waals surface area contributed by atoms with Gasteiger partial charge in [-0.25, -0.2) is 9.59 Å². The Morgan fingerprint density at radius 3 is 1.88 bits per heavy atom. The van der Waals surface area contributed by atoms with E-state index in [0.29, 0.717) is 34.6 Å².